The van der Waals surface area contributed by atoms with E-state index in [4.69, 9.17) is 0 Å². The van der Waals surface area contributed by atoms with Crippen LogP contribution >= 0.6 is 11.3 Å². The highest BCUT2D eigenvalue weighted by atomic mass is 32.1. The molecule has 2 fully saturated rings. The Morgan fingerprint density at radius 1 is 1.17 bits per heavy atom. The fraction of sp³-hybridized carbons (Fsp3) is 0.857. The Kier molecular flexibility index (Phi) is 3.94. The second-order valence-corrected chi connectivity index (χ2v) is 6.77. The molecule has 0 bridgehead atoms. The molecule has 1 aromatic rings. The first-order chi connectivity index (χ1) is 8.90. The van der Waals surface area contributed by atoms with E-state index < -0.39 is 0 Å². The monoisotopic (exact) mass is 265 g/mol. The van der Waals surface area contributed by atoms with Crippen molar-refractivity contribution < 1.29 is 0 Å². The zero-order valence-electron chi connectivity index (χ0n) is 11.2. The summed E-state index contributed by atoms with van der Waals surface area (Å²) in [4.78, 5) is 0. The van der Waals surface area contributed by atoms with Gasteiger partial charge in [-0.25, -0.2) is 0 Å². The minimum atomic E-state index is 0.780. The summed E-state index contributed by atoms with van der Waals surface area (Å²) in [5.74, 6) is 2.69. The molecule has 2 saturated carbocycles. The van der Waals surface area contributed by atoms with Gasteiger partial charge in [-0.15, -0.1) is 21.5 Å². The maximum Gasteiger partial charge on any atom is 0.121 e. The molecule has 1 N–H and O–H groups in total. The van der Waals surface area contributed by atoms with Crippen molar-refractivity contribution >= 4 is 11.3 Å². The fourth-order valence-electron chi connectivity index (χ4n) is 3.36. The molecule has 1 heterocycles. The van der Waals surface area contributed by atoms with Gasteiger partial charge in [-0.3, -0.25) is 0 Å². The van der Waals surface area contributed by atoms with Crippen molar-refractivity contribution in [2.45, 2.75) is 51.4 Å². The predicted octanol–water partition coefficient (Wildman–Crippen LogP) is 2.98. The molecule has 18 heavy (non-hydrogen) atoms. The van der Waals surface area contributed by atoms with E-state index in [1.807, 2.05) is 11.3 Å². The molecular weight excluding hydrogens is 242 g/mol. The quantitative estimate of drug-likeness (QED) is 0.804. The summed E-state index contributed by atoms with van der Waals surface area (Å²) >= 11 is 1.87. The van der Waals surface area contributed by atoms with Gasteiger partial charge in [0.15, 0.2) is 0 Å². The standard InChI is InChI=1S/C14H23N3S/c1-2-8-15-9-7-12-16-17-14(18-12)13-10-5-3-4-6-11(10)13/h10-11,13,15H,2-9H2,1H3. The highest BCUT2D eigenvalue weighted by Gasteiger charge is 2.52. The number of hydrogen-bond acceptors (Lipinski definition) is 4. The van der Waals surface area contributed by atoms with E-state index in [9.17, 15) is 0 Å². The lowest BCUT2D eigenvalue weighted by atomic mass is 10.0. The van der Waals surface area contributed by atoms with Crippen LogP contribution in [0, 0.1) is 11.8 Å². The van der Waals surface area contributed by atoms with Crippen LogP contribution in [0.2, 0.25) is 0 Å². The maximum atomic E-state index is 4.44. The summed E-state index contributed by atoms with van der Waals surface area (Å²) in [6.45, 7) is 4.35. The summed E-state index contributed by atoms with van der Waals surface area (Å²) in [5, 5.41) is 14.8. The minimum absolute atomic E-state index is 0.780. The van der Waals surface area contributed by atoms with Crippen molar-refractivity contribution in [2.75, 3.05) is 13.1 Å². The Morgan fingerprint density at radius 2 is 1.94 bits per heavy atom. The van der Waals surface area contributed by atoms with E-state index in [0.717, 1.165) is 37.3 Å². The van der Waals surface area contributed by atoms with Crippen molar-refractivity contribution in [3.63, 3.8) is 0 Å². The van der Waals surface area contributed by atoms with E-state index in [1.165, 1.54) is 42.1 Å². The third kappa shape index (κ3) is 2.59. The molecule has 3 rings (SSSR count). The van der Waals surface area contributed by atoms with Gasteiger partial charge in [0.05, 0.1) is 0 Å². The van der Waals surface area contributed by atoms with Gasteiger partial charge in [-0.2, -0.15) is 0 Å². The normalized spacial score (nSPS) is 30.2. The van der Waals surface area contributed by atoms with Crippen LogP contribution in [-0.2, 0) is 6.42 Å². The Hall–Kier alpha value is -0.480. The van der Waals surface area contributed by atoms with E-state index in [1.54, 1.807) is 0 Å². The van der Waals surface area contributed by atoms with Crippen LogP contribution in [0.3, 0.4) is 0 Å². The van der Waals surface area contributed by atoms with Gasteiger partial charge >= 0.3 is 0 Å². The predicted molar refractivity (Wildman–Crippen MR) is 75.0 cm³/mol. The number of fused-ring (bicyclic) bond motifs is 1. The molecule has 0 radical (unpaired) electrons. The Bertz CT molecular complexity index is 378. The topological polar surface area (TPSA) is 37.8 Å². The molecule has 2 aliphatic carbocycles. The van der Waals surface area contributed by atoms with E-state index in [-0.39, 0.29) is 0 Å². The van der Waals surface area contributed by atoms with Crippen molar-refractivity contribution in [1.29, 1.82) is 0 Å². The molecule has 0 aliphatic heterocycles. The molecule has 0 aromatic carbocycles. The van der Waals surface area contributed by atoms with Crippen LogP contribution in [0.25, 0.3) is 0 Å². The third-order valence-corrected chi connectivity index (χ3v) is 5.45. The molecule has 100 valence electrons. The van der Waals surface area contributed by atoms with Crippen molar-refractivity contribution in [2.24, 2.45) is 11.8 Å². The summed E-state index contributed by atoms with van der Waals surface area (Å²) in [6, 6.07) is 0. The Labute approximate surface area is 113 Å². The smallest absolute Gasteiger partial charge is 0.121 e. The number of nitrogens with one attached hydrogen (secondary N) is 1. The van der Waals surface area contributed by atoms with Crippen molar-refractivity contribution in [3.05, 3.63) is 10.0 Å². The first-order valence-corrected chi connectivity index (χ1v) is 8.24. The highest BCUT2D eigenvalue weighted by Crippen LogP contribution is 2.61. The van der Waals surface area contributed by atoms with Crippen LogP contribution < -0.4 is 5.32 Å². The molecule has 3 nitrogen and oxygen atoms in total. The molecule has 2 aliphatic rings. The zero-order valence-corrected chi connectivity index (χ0v) is 12.0. The average molecular weight is 265 g/mol. The Balaban J connectivity index is 1.51. The van der Waals surface area contributed by atoms with E-state index >= 15 is 0 Å². The maximum absolute atomic E-state index is 4.44. The highest BCUT2D eigenvalue weighted by molar-refractivity contribution is 7.11. The summed E-state index contributed by atoms with van der Waals surface area (Å²) in [6.07, 6.45) is 7.98. The molecule has 0 saturated heterocycles. The average Bonchev–Trinajstić information content (AvgIpc) is 2.96. The number of aromatic nitrogens is 2. The first-order valence-electron chi connectivity index (χ1n) is 7.43. The first kappa shape index (κ1) is 12.5. The molecule has 2 unspecified atom stereocenters. The van der Waals surface area contributed by atoms with Crippen LogP contribution in [0.4, 0.5) is 0 Å². The van der Waals surface area contributed by atoms with Crippen molar-refractivity contribution in [1.82, 2.24) is 15.5 Å². The fourth-order valence-corrected chi connectivity index (χ4v) is 4.45. The van der Waals surface area contributed by atoms with Gasteiger partial charge in [-0.1, -0.05) is 19.8 Å². The summed E-state index contributed by atoms with van der Waals surface area (Å²) in [5.41, 5.74) is 0. The van der Waals surface area contributed by atoms with Crippen LogP contribution in [0.15, 0.2) is 0 Å². The largest absolute Gasteiger partial charge is 0.316 e. The number of nitrogens with zero attached hydrogens (tertiary/aromatic N) is 2. The van der Waals surface area contributed by atoms with Crippen LogP contribution in [0.1, 0.15) is 55.0 Å². The molecule has 2 atom stereocenters. The molecule has 1 aromatic heterocycles. The second-order valence-electron chi connectivity index (χ2n) is 5.67. The Morgan fingerprint density at radius 3 is 2.67 bits per heavy atom. The van der Waals surface area contributed by atoms with Gasteiger partial charge in [0.25, 0.3) is 0 Å². The van der Waals surface area contributed by atoms with Crippen molar-refractivity contribution in [3.8, 4) is 0 Å². The second kappa shape index (κ2) is 5.66. The lowest BCUT2D eigenvalue weighted by molar-refractivity contribution is 0.480. The van der Waals surface area contributed by atoms with Gasteiger partial charge in [0, 0.05) is 18.9 Å². The molecule has 0 amide bonds. The van der Waals surface area contributed by atoms with Gasteiger partial charge in [-0.05, 0) is 37.6 Å². The minimum Gasteiger partial charge on any atom is -0.316 e. The van der Waals surface area contributed by atoms with Gasteiger partial charge < -0.3 is 5.32 Å². The molecule has 4 heteroatoms. The van der Waals surface area contributed by atoms with Gasteiger partial charge in [0.2, 0.25) is 0 Å². The third-order valence-electron chi connectivity index (χ3n) is 4.37. The number of hydrogen-bond donors (Lipinski definition) is 1. The van der Waals surface area contributed by atoms with Gasteiger partial charge in [0.1, 0.15) is 10.0 Å². The summed E-state index contributed by atoms with van der Waals surface area (Å²) in [7, 11) is 0. The van der Waals surface area contributed by atoms with E-state index in [2.05, 4.69) is 22.4 Å². The molecule has 0 spiro atoms. The number of rotatable bonds is 6. The lowest BCUT2D eigenvalue weighted by Crippen LogP contribution is -2.17. The summed E-state index contributed by atoms with van der Waals surface area (Å²) < 4.78 is 0. The molecular formula is C14H23N3S. The van der Waals surface area contributed by atoms with E-state index in [0.29, 0.717) is 0 Å². The van der Waals surface area contributed by atoms with Crippen LogP contribution in [0.5, 0.6) is 0 Å². The van der Waals surface area contributed by atoms with Crippen LogP contribution in [-0.4, -0.2) is 23.3 Å². The zero-order chi connectivity index (χ0) is 12.4. The lowest BCUT2D eigenvalue weighted by Gasteiger charge is -2.04. The SMILES string of the molecule is CCCNCCc1nnc(C2C3CCCCC32)s1.